The summed E-state index contributed by atoms with van der Waals surface area (Å²) >= 11 is 4.02. The third kappa shape index (κ3) is 3.10. The molecule has 0 saturated heterocycles. The molecule has 8 aromatic rings. The number of anilines is 4. The van der Waals surface area contributed by atoms with Gasteiger partial charge >= 0.3 is 259 Å². The molecular formula is C36H21BN2S2Se. The first-order valence-corrected chi connectivity index (χ1v) is 17.5. The molecule has 42 heavy (non-hydrogen) atoms. The monoisotopic (exact) mass is 636 g/mol. The zero-order valence-electron chi connectivity index (χ0n) is 22.3. The van der Waals surface area contributed by atoms with E-state index in [1.807, 2.05) is 22.7 Å². The predicted octanol–water partition coefficient (Wildman–Crippen LogP) is 9.66. The van der Waals surface area contributed by atoms with Gasteiger partial charge in [-0.2, -0.15) is 0 Å². The summed E-state index contributed by atoms with van der Waals surface area (Å²) in [6, 6.07) is 44.9. The van der Waals surface area contributed by atoms with Gasteiger partial charge in [0.1, 0.15) is 0 Å². The van der Waals surface area contributed by atoms with Crippen molar-refractivity contribution >= 4 is 100 Å². The normalized spacial score (nSPS) is 13.6. The van der Waals surface area contributed by atoms with Crippen LogP contribution in [0.3, 0.4) is 0 Å². The zero-order valence-corrected chi connectivity index (χ0v) is 25.7. The van der Waals surface area contributed by atoms with E-state index in [1.165, 1.54) is 74.1 Å². The molecule has 0 unspecified atom stereocenters. The van der Waals surface area contributed by atoms with Gasteiger partial charge in [-0.15, -0.1) is 0 Å². The number of hydrogen-bond acceptors (Lipinski definition) is 4. The Kier molecular flexibility index (Phi) is 4.88. The van der Waals surface area contributed by atoms with Crippen LogP contribution in [0.1, 0.15) is 0 Å². The quantitative estimate of drug-likeness (QED) is 0.175. The van der Waals surface area contributed by atoms with Crippen LogP contribution in [-0.2, 0) is 0 Å². The van der Waals surface area contributed by atoms with Crippen LogP contribution in [0.15, 0.2) is 127 Å². The van der Waals surface area contributed by atoms with Crippen LogP contribution in [0.5, 0.6) is 0 Å². The van der Waals surface area contributed by atoms with Crippen molar-refractivity contribution in [3.63, 3.8) is 0 Å². The van der Waals surface area contributed by atoms with Crippen molar-refractivity contribution < 1.29 is 0 Å². The third-order valence-electron chi connectivity index (χ3n) is 8.71. The molecule has 0 aliphatic carbocycles. The molecular weight excluding hydrogens is 614 g/mol. The van der Waals surface area contributed by atoms with E-state index in [1.54, 1.807) is 4.34 Å². The van der Waals surface area contributed by atoms with Gasteiger partial charge in [0, 0.05) is 0 Å². The van der Waals surface area contributed by atoms with Gasteiger partial charge in [-0.25, -0.2) is 0 Å². The molecule has 196 valence electrons. The summed E-state index contributed by atoms with van der Waals surface area (Å²) in [5, 5.41) is 7.82. The zero-order chi connectivity index (χ0) is 27.4. The molecule has 0 spiro atoms. The fourth-order valence-corrected chi connectivity index (χ4v) is 11.8. The molecule has 2 nitrogen and oxygen atoms in total. The van der Waals surface area contributed by atoms with Gasteiger partial charge in [0.05, 0.1) is 0 Å². The average Bonchev–Trinajstić information content (AvgIpc) is 3.81. The first kappa shape index (κ1) is 23.5. The Labute approximate surface area is 257 Å². The summed E-state index contributed by atoms with van der Waals surface area (Å²) < 4.78 is 5.73. The van der Waals surface area contributed by atoms with Crippen LogP contribution in [0.4, 0.5) is 22.1 Å². The van der Waals surface area contributed by atoms with E-state index < -0.39 is 0 Å². The molecule has 5 aromatic carbocycles. The summed E-state index contributed by atoms with van der Waals surface area (Å²) in [5.41, 5.74) is 9.29. The van der Waals surface area contributed by atoms with E-state index in [-0.39, 0.29) is 21.5 Å². The molecule has 0 fully saturated rings. The molecule has 0 amide bonds. The summed E-state index contributed by atoms with van der Waals surface area (Å²) in [7, 11) is 0. The number of nitrogens with zero attached hydrogens (tertiary/aromatic N) is 2. The third-order valence-corrected chi connectivity index (χ3v) is 13.4. The molecule has 10 rings (SSSR count). The van der Waals surface area contributed by atoms with Gasteiger partial charge in [0.15, 0.2) is 0 Å². The number of thiophene rings is 2. The van der Waals surface area contributed by atoms with Crippen LogP contribution in [0.2, 0.25) is 0 Å². The van der Waals surface area contributed by atoms with E-state index in [2.05, 4.69) is 136 Å². The van der Waals surface area contributed by atoms with Crippen molar-refractivity contribution in [3.8, 4) is 22.3 Å². The number of hydrogen-bond donors (Lipinski definition) is 0. The number of fused-ring (bicyclic) bond motifs is 13. The Morgan fingerprint density at radius 3 is 2.21 bits per heavy atom. The molecule has 0 radical (unpaired) electrons. The van der Waals surface area contributed by atoms with Crippen LogP contribution >= 0.6 is 22.7 Å². The van der Waals surface area contributed by atoms with Gasteiger partial charge < -0.3 is 0 Å². The fraction of sp³-hybridized carbons (Fsp3) is 0. The van der Waals surface area contributed by atoms with Crippen LogP contribution in [-0.4, -0.2) is 21.5 Å². The Balaban J connectivity index is 1.34. The van der Waals surface area contributed by atoms with E-state index in [4.69, 9.17) is 0 Å². The second-order valence-corrected chi connectivity index (χ2v) is 15.1. The van der Waals surface area contributed by atoms with Crippen LogP contribution in [0.25, 0.3) is 52.1 Å². The summed E-state index contributed by atoms with van der Waals surface area (Å²) in [4.78, 5) is 5.37. The second-order valence-electron chi connectivity index (χ2n) is 10.9. The van der Waals surface area contributed by atoms with Gasteiger partial charge in [0.25, 0.3) is 0 Å². The summed E-state index contributed by atoms with van der Waals surface area (Å²) in [6.07, 6.45) is 0. The maximum absolute atomic E-state index is 2.69. The Hall–Kier alpha value is -4.06. The second kappa shape index (κ2) is 8.73. The average molecular weight is 635 g/mol. The Morgan fingerprint density at radius 2 is 1.33 bits per heavy atom. The van der Waals surface area contributed by atoms with Gasteiger partial charge in [0.2, 0.25) is 0 Å². The molecule has 5 heterocycles. The molecule has 0 saturated carbocycles. The molecule has 2 aliphatic heterocycles. The van der Waals surface area contributed by atoms with Crippen LogP contribution < -0.4 is 14.0 Å². The Morgan fingerprint density at radius 1 is 0.595 bits per heavy atom. The molecule has 2 aliphatic rings. The van der Waals surface area contributed by atoms with Crippen molar-refractivity contribution in [2.75, 3.05) is 9.62 Å². The van der Waals surface area contributed by atoms with Crippen molar-refractivity contribution in [1.82, 2.24) is 0 Å². The summed E-state index contributed by atoms with van der Waals surface area (Å²) in [5.74, 6) is 0. The van der Waals surface area contributed by atoms with Crippen molar-refractivity contribution in [2.24, 2.45) is 0 Å². The number of benzene rings is 5. The van der Waals surface area contributed by atoms with E-state index in [0.29, 0.717) is 0 Å². The summed E-state index contributed by atoms with van der Waals surface area (Å²) in [6.45, 7) is 0.106. The molecule has 0 bridgehead atoms. The SMILES string of the molecule is c1ccc(-c2ccc3c(c2)N2B(c4[se]c5ccccc5c4-3)N(c3csc4ccccc34)c3c2sc2ccccc32)cc1. The van der Waals surface area contributed by atoms with Gasteiger partial charge in [-0.1, -0.05) is 0 Å². The molecule has 3 aromatic heterocycles. The molecule has 0 N–H and O–H groups in total. The minimum atomic E-state index is 0.106. The number of rotatable bonds is 2. The molecule has 0 atom stereocenters. The Bertz CT molecular complexity index is 2350. The molecule has 6 heteroatoms. The first-order valence-electron chi connectivity index (χ1n) is 14.1. The van der Waals surface area contributed by atoms with Crippen molar-refractivity contribution in [1.29, 1.82) is 0 Å². The fourth-order valence-electron chi connectivity index (χ4n) is 6.92. The van der Waals surface area contributed by atoms with Crippen molar-refractivity contribution in [3.05, 3.63) is 127 Å². The predicted molar refractivity (Wildman–Crippen MR) is 185 cm³/mol. The minimum absolute atomic E-state index is 0.106. The van der Waals surface area contributed by atoms with Crippen molar-refractivity contribution in [2.45, 2.75) is 0 Å². The maximum atomic E-state index is 2.69. The topological polar surface area (TPSA) is 6.48 Å². The standard InChI is InChI=1S/C36H21BN2S2Se/c1-2-10-22(11-3-1)23-18-19-25-28(20-23)39-36-34(26-13-5-8-16-31(26)41-36)38(29-21-40-30-15-7-4-12-24(29)30)37(39)35-33(25)27-14-6-9-17-32(27)42-35/h1-21H. The van der Waals surface area contributed by atoms with E-state index in [0.717, 1.165) is 0 Å². The van der Waals surface area contributed by atoms with E-state index >= 15 is 0 Å². The van der Waals surface area contributed by atoms with Gasteiger partial charge in [-0.05, 0) is 0 Å². The van der Waals surface area contributed by atoms with Crippen LogP contribution in [0, 0.1) is 0 Å². The van der Waals surface area contributed by atoms with Gasteiger partial charge in [-0.3, -0.25) is 0 Å². The first-order chi connectivity index (χ1) is 20.8. The van der Waals surface area contributed by atoms with E-state index in [9.17, 15) is 0 Å².